The summed E-state index contributed by atoms with van der Waals surface area (Å²) in [6, 6.07) is 1.14. The number of aliphatic hydroxyl groups is 1. The molecule has 0 aromatic rings. The summed E-state index contributed by atoms with van der Waals surface area (Å²) >= 11 is 0. The lowest BCUT2D eigenvalue weighted by atomic mass is 10.1. The molecule has 0 saturated heterocycles. The first kappa shape index (κ1) is 8.52. The summed E-state index contributed by atoms with van der Waals surface area (Å²) in [5.74, 6) is 0. The predicted octanol–water partition coefficient (Wildman–Crippen LogP) is 1.43. The molecule has 2 nitrogen and oxygen atoms in total. The van der Waals surface area contributed by atoms with Gasteiger partial charge in [0.2, 0.25) is 0 Å². The van der Waals surface area contributed by atoms with Gasteiger partial charge < -0.3 is 10.4 Å². The van der Waals surface area contributed by atoms with Crippen molar-refractivity contribution in [3.63, 3.8) is 0 Å². The van der Waals surface area contributed by atoms with E-state index in [0.717, 1.165) is 12.5 Å². The van der Waals surface area contributed by atoms with E-state index in [0.29, 0.717) is 6.04 Å². The number of aliphatic hydroxyl groups excluding tert-OH is 1. The van der Waals surface area contributed by atoms with Crippen molar-refractivity contribution in [1.29, 1.82) is 0 Å². The molecule has 70 valence electrons. The maximum atomic E-state index is 9.76. The zero-order chi connectivity index (χ0) is 8.39. The van der Waals surface area contributed by atoms with Crippen molar-refractivity contribution >= 4 is 0 Å². The molecule has 2 heteroatoms. The molecule has 2 aliphatic rings. The summed E-state index contributed by atoms with van der Waals surface area (Å²) in [7, 11) is 0. The van der Waals surface area contributed by atoms with Crippen LogP contribution in [0.2, 0.25) is 0 Å². The van der Waals surface area contributed by atoms with Gasteiger partial charge in [-0.3, -0.25) is 0 Å². The minimum Gasteiger partial charge on any atom is -0.392 e. The fourth-order valence-corrected chi connectivity index (χ4v) is 2.04. The lowest BCUT2D eigenvalue weighted by Gasteiger charge is -2.21. The van der Waals surface area contributed by atoms with Crippen molar-refractivity contribution in [2.75, 3.05) is 0 Å². The largest absolute Gasteiger partial charge is 0.392 e. The summed E-state index contributed by atoms with van der Waals surface area (Å²) in [5.41, 5.74) is 0. The summed E-state index contributed by atoms with van der Waals surface area (Å²) in [5, 5.41) is 13.3. The SMILES string of the molecule is O[C@@H]1CCCCC[C@H]1NC1CC1. The fraction of sp³-hybridized carbons (Fsp3) is 1.00. The highest BCUT2D eigenvalue weighted by atomic mass is 16.3. The summed E-state index contributed by atoms with van der Waals surface area (Å²) in [4.78, 5) is 0. The molecular formula is C10H19NO. The van der Waals surface area contributed by atoms with E-state index in [2.05, 4.69) is 5.32 Å². The third-order valence-electron chi connectivity index (χ3n) is 3.01. The van der Waals surface area contributed by atoms with E-state index in [9.17, 15) is 5.11 Å². The van der Waals surface area contributed by atoms with Crippen LogP contribution < -0.4 is 5.32 Å². The van der Waals surface area contributed by atoms with Gasteiger partial charge in [-0.2, -0.15) is 0 Å². The first-order valence-electron chi connectivity index (χ1n) is 5.30. The average Bonchev–Trinajstić information content (AvgIpc) is 2.84. The van der Waals surface area contributed by atoms with Gasteiger partial charge in [0.25, 0.3) is 0 Å². The fourth-order valence-electron chi connectivity index (χ4n) is 2.04. The Labute approximate surface area is 74.4 Å². The molecule has 0 spiro atoms. The number of hydrogen-bond acceptors (Lipinski definition) is 2. The Bertz CT molecular complexity index is 145. The molecule has 2 rings (SSSR count). The number of nitrogens with one attached hydrogen (secondary N) is 1. The average molecular weight is 169 g/mol. The van der Waals surface area contributed by atoms with E-state index >= 15 is 0 Å². The van der Waals surface area contributed by atoms with Crippen LogP contribution in [0.15, 0.2) is 0 Å². The molecule has 0 aromatic heterocycles. The van der Waals surface area contributed by atoms with Gasteiger partial charge in [-0.1, -0.05) is 19.3 Å². The van der Waals surface area contributed by atoms with Crippen molar-refractivity contribution in [2.45, 2.75) is 63.1 Å². The molecule has 2 N–H and O–H groups in total. The number of rotatable bonds is 2. The molecule has 0 heterocycles. The topological polar surface area (TPSA) is 32.3 Å². The first-order chi connectivity index (χ1) is 5.86. The van der Waals surface area contributed by atoms with Crippen molar-refractivity contribution in [2.24, 2.45) is 0 Å². The highest BCUT2D eigenvalue weighted by molar-refractivity contribution is 4.88. The summed E-state index contributed by atoms with van der Waals surface area (Å²) < 4.78 is 0. The molecule has 0 unspecified atom stereocenters. The summed E-state index contributed by atoms with van der Waals surface area (Å²) in [6.07, 6.45) is 8.56. The van der Waals surface area contributed by atoms with Gasteiger partial charge in [-0.25, -0.2) is 0 Å². The molecule has 0 aromatic carbocycles. The van der Waals surface area contributed by atoms with E-state index in [-0.39, 0.29) is 6.10 Å². The highest BCUT2D eigenvalue weighted by Crippen LogP contribution is 2.24. The quantitative estimate of drug-likeness (QED) is 0.613. The summed E-state index contributed by atoms with van der Waals surface area (Å²) in [6.45, 7) is 0. The van der Waals surface area contributed by atoms with Crippen LogP contribution in [0.4, 0.5) is 0 Å². The van der Waals surface area contributed by atoms with Crippen LogP contribution in [0.1, 0.15) is 44.9 Å². The zero-order valence-corrected chi connectivity index (χ0v) is 7.63. The van der Waals surface area contributed by atoms with Crippen molar-refractivity contribution in [3.05, 3.63) is 0 Å². The molecule has 2 fully saturated rings. The third-order valence-corrected chi connectivity index (χ3v) is 3.01. The second kappa shape index (κ2) is 3.75. The van der Waals surface area contributed by atoms with Gasteiger partial charge in [0.1, 0.15) is 0 Å². The van der Waals surface area contributed by atoms with E-state index in [1.165, 1.54) is 38.5 Å². The van der Waals surface area contributed by atoms with E-state index in [4.69, 9.17) is 0 Å². The monoisotopic (exact) mass is 169 g/mol. The van der Waals surface area contributed by atoms with Crippen LogP contribution >= 0.6 is 0 Å². The second-order valence-electron chi connectivity index (χ2n) is 4.25. The highest BCUT2D eigenvalue weighted by Gasteiger charge is 2.28. The van der Waals surface area contributed by atoms with Crippen LogP contribution in [0.5, 0.6) is 0 Å². The van der Waals surface area contributed by atoms with Crippen LogP contribution in [0.3, 0.4) is 0 Å². The maximum absolute atomic E-state index is 9.76. The Morgan fingerprint density at radius 1 is 0.917 bits per heavy atom. The van der Waals surface area contributed by atoms with Gasteiger partial charge in [0, 0.05) is 12.1 Å². The zero-order valence-electron chi connectivity index (χ0n) is 7.63. The van der Waals surface area contributed by atoms with Gasteiger partial charge in [-0.15, -0.1) is 0 Å². The van der Waals surface area contributed by atoms with Gasteiger partial charge in [0.15, 0.2) is 0 Å². The molecule has 2 saturated carbocycles. The Kier molecular flexibility index (Phi) is 2.66. The number of hydrogen-bond donors (Lipinski definition) is 2. The van der Waals surface area contributed by atoms with Crippen molar-refractivity contribution in [3.8, 4) is 0 Å². The van der Waals surface area contributed by atoms with Gasteiger partial charge in [-0.05, 0) is 25.7 Å². The van der Waals surface area contributed by atoms with E-state index in [1.54, 1.807) is 0 Å². The van der Waals surface area contributed by atoms with Gasteiger partial charge in [0.05, 0.1) is 6.10 Å². The second-order valence-corrected chi connectivity index (χ2v) is 4.25. The van der Waals surface area contributed by atoms with Crippen LogP contribution in [0.25, 0.3) is 0 Å². The molecule has 0 aliphatic heterocycles. The minimum absolute atomic E-state index is 0.0758. The minimum atomic E-state index is -0.0758. The first-order valence-corrected chi connectivity index (χ1v) is 5.30. The van der Waals surface area contributed by atoms with Crippen molar-refractivity contribution in [1.82, 2.24) is 5.32 Å². The Morgan fingerprint density at radius 2 is 1.67 bits per heavy atom. The lowest BCUT2D eigenvalue weighted by molar-refractivity contribution is 0.119. The van der Waals surface area contributed by atoms with Crippen LogP contribution in [-0.2, 0) is 0 Å². The predicted molar refractivity (Wildman–Crippen MR) is 49.0 cm³/mol. The molecular weight excluding hydrogens is 150 g/mol. The van der Waals surface area contributed by atoms with Crippen molar-refractivity contribution < 1.29 is 5.11 Å². The molecule has 0 amide bonds. The standard InChI is InChI=1S/C10H19NO/c12-10-5-3-1-2-4-9(10)11-8-6-7-8/h8-12H,1-7H2/t9-,10-/m1/s1. The maximum Gasteiger partial charge on any atom is 0.0693 e. The lowest BCUT2D eigenvalue weighted by Crippen LogP contribution is -2.40. The molecule has 0 radical (unpaired) electrons. The normalized spacial score (nSPS) is 37.8. The molecule has 12 heavy (non-hydrogen) atoms. The Hall–Kier alpha value is -0.0800. The third kappa shape index (κ3) is 2.20. The smallest absolute Gasteiger partial charge is 0.0693 e. The van der Waals surface area contributed by atoms with E-state index < -0.39 is 0 Å². The molecule has 2 atom stereocenters. The molecule has 0 bridgehead atoms. The Morgan fingerprint density at radius 3 is 2.42 bits per heavy atom. The molecule has 2 aliphatic carbocycles. The van der Waals surface area contributed by atoms with Gasteiger partial charge >= 0.3 is 0 Å². The van der Waals surface area contributed by atoms with Crippen LogP contribution in [-0.4, -0.2) is 23.3 Å². The van der Waals surface area contributed by atoms with E-state index in [1.807, 2.05) is 0 Å². The van der Waals surface area contributed by atoms with Crippen LogP contribution in [0, 0.1) is 0 Å². The Balaban J connectivity index is 1.81.